The smallest absolute Gasteiger partial charge is 0.238 e. The topological polar surface area (TPSA) is 41.1 Å². The maximum atomic E-state index is 13.3. The number of rotatable bonds is 4. The third kappa shape index (κ3) is 3.65. The molecular weight excluding hydrogens is 275 g/mol. The molecule has 0 aliphatic rings. The fourth-order valence-electron chi connectivity index (χ4n) is 1.05. The molecule has 1 rings (SSSR count). The van der Waals surface area contributed by atoms with Gasteiger partial charge in [0.15, 0.2) is 0 Å². The molecule has 0 saturated carbocycles. The van der Waals surface area contributed by atoms with Crippen LogP contribution in [-0.2, 0) is 4.79 Å². The average Bonchev–Trinajstić information content (AvgIpc) is 2.24. The van der Waals surface area contributed by atoms with E-state index in [0.29, 0.717) is 11.0 Å². The third-order valence-corrected chi connectivity index (χ3v) is 2.40. The van der Waals surface area contributed by atoms with Crippen molar-refractivity contribution in [3.05, 3.63) is 28.5 Å². The molecule has 0 heterocycles. The molecule has 84 valence electrons. The molecule has 16 heavy (non-hydrogen) atoms. The number of nitrogens with one attached hydrogen (secondary N) is 2. The van der Waals surface area contributed by atoms with Crippen LogP contribution in [0.1, 0.15) is 0 Å². The molecule has 0 radical (unpaired) electrons. The van der Waals surface area contributed by atoms with E-state index < -0.39 is 5.82 Å². The molecule has 0 atom stereocenters. The molecule has 0 aromatic heterocycles. The van der Waals surface area contributed by atoms with Crippen LogP contribution >= 0.6 is 15.9 Å². The first-order valence-corrected chi connectivity index (χ1v) is 5.32. The van der Waals surface area contributed by atoms with Gasteiger partial charge in [0.05, 0.1) is 18.8 Å². The first-order valence-electron chi connectivity index (χ1n) is 4.53. The van der Waals surface area contributed by atoms with Crippen molar-refractivity contribution in [1.82, 2.24) is 5.32 Å². The Morgan fingerprint density at radius 3 is 2.94 bits per heavy atom. The number of halogens is 2. The zero-order chi connectivity index (χ0) is 12.0. The predicted octanol–water partition coefficient (Wildman–Crippen LogP) is 1.75. The second kappa shape index (κ2) is 6.26. The SMILES string of the molecule is C#CCNCC(=O)Nc1c(F)cccc1Br. The fraction of sp³-hybridized carbons (Fsp3) is 0.182. The maximum Gasteiger partial charge on any atom is 0.238 e. The van der Waals surface area contributed by atoms with Gasteiger partial charge in [0.25, 0.3) is 0 Å². The van der Waals surface area contributed by atoms with Crippen molar-refractivity contribution in [2.75, 3.05) is 18.4 Å². The van der Waals surface area contributed by atoms with Gasteiger partial charge in [-0.25, -0.2) is 4.39 Å². The van der Waals surface area contributed by atoms with Crippen LogP contribution in [0.2, 0.25) is 0 Å². The van der Waals surface area contributed by atoms with E-state index in [1.54, 1.807) is 12.1 Å². The van der Waals surface area contributed by atoms with Gasteiger partial charge in [0.2, 0.25) is 5.91 Å². The van der Waals surface area contributed by atoms with Crippen molar-refractivity contribution in [3.8, 4) is 12.3 Å². The monoisotopic (exact) mass is 284 g/mol. The fourth-order valence-corrected chi connectivity index (χ4v) is 1.49. The first kappa shape index (κ1) is 12.7. The number of terminal acetylenes is 1. The number of carbonyl (C=O) groups excluding carboxylic acids is 1. The van der Waals surface area contributed by atoms with Crippen molar-refractivity contribution < 1.29 is 9.18 Å². The molecular formula is C11H10BrFN2O. The van der Waals surface area contributed by atoms with E-state index in [-0.39, 0.29) is 18.1 Å². The van der Waals surface area contributed by atoms with Gasteiger partial charge in [-0.1, -0.05) is 12.0 Å². The van der Waals surface area contributed by atoms with Crippen molar-refractivity contribution in [2.45, 2.75) is 0 Å². The normalized spacial score (nSPS) is 9.56. The lowest BCUT2D eigenvalue weighted by molar-refractivity contribution is -0.115. The molecule has 0 aliphatic heterocycles. The van der Waals surface area contributed by atoms with Gasteiger partial charge in [-0.05, 0) is 28.1 Å². The molecule has 3 nitrogen and oxygen atoms in total. The summed E-state index contributed by atoms with van der Waals surface area (Å²) < 4.78 is 13.8. The molecule has 1 aromatic carbocycles. The first-order chi connectivity index (χ1) is 7.65. The summed E-state index contributed by atoms with van der Waals surface area (Å²) >= 11 is 3.15. The molecule has 2 N–H and O–H groups in total. The van der Waals surface area contributed by atoms with Gasteiger partial charge in [0, 0.05) is 4.47 Å². The standard InChI is InChI=1S/C11H10BrFN2O/c1-2-6-14-7-10(16)15-11-8(12)4-3-5-9(11)13/h1,3-5,14H,6-7H2,(H,15,16). The van der Waals surface area contributed by atoms with E-state index in [4.69, 9.17) is 6.42 Å². The molecule has 0 bridgehead atoms. The lowest BCUT2D eigenvalue weighted by Crippen LogP contribution is -2.28. The molecule has 1 aromatic rings. The van der Waals surface area contributed by atoms with Gasteiger partial charge in [0.1, 0.15) is 5.82 Å². The zero-order valence-electron chi connectivity index (χ0n) is 8.39. The Bertz CT molecular complexity index is 408. The number of anilines is 1. The van der Waals surface area contributed by atoms with Crippen LogP contribution in [0, 0.1) is 18.2 Å². The van der Waals surface area contributed by atoms with E-state index in [1.165, 1.54) is 6.07 Å². The van der Waals surface area contributed by atoms with Gasteiger partial charge in [-0.15, -0.1) is 6.42 Å². The summed E-state index contributed by atoms with van der Waals surface area (Å²) in [6.07, 6.45) is 5.00. The third-order valence-electron chi connectivity index (χ3n) is 1.74. The summed E-state index contributed by atoms with van der Waals surface area (Å²) in [5.74, 6) is 1.50. The van der Waals surface area contributed by atoms with Gasteiger partial charge in [-0.2, -0.15) is 0 Å². The number of hydrogen-bond acceptors (Lipinski definition) is 2. The van der Waals surface area contributed by atoms with Crippen LogP contribution in [0.5, 0.6) is 0 Å². The highest BCUT2D eigenvalue weighted by Gasteiger charge is 2.09. The van der Waals surface area contributed by atoms with Gasteiger partial charge in [-0.3, -0.25) is 10.1 Å². The Morgan fingerprint density at radius 2 is 2.31 bits per heavy atom. The number of hydrogen-bond donors (Lipinski definition) is 2. The zero-order valence-corrected chi connectivity index (χ0v) is 9.97. The Hall–Kier alpha value is -1.38. The second-order valence-electron chi connectivity index (χ2n) is 2.95. The average molecular weight is 285 g/mol. The molecule has 5 heteroatoms. The second-order valence-corrected chi connectivity index (χ2v) is 3.81. The largest absolute Gasteiger partial charge is 0.322 e. The highest BCUT2D eigenvalue weighted by Crippen LogP contribution is 2.24. The summed E-state index contributed by atoms with van der Waals surface area (Å²) in [5.41, 5.74) is 0.134. The van der Waals surface area contributed by atoms with Crippen molar-refractivity contribution in [3.63, 3.8) is 0 Å². The van der Waals surface area contributed by atoms with E-state index in [9.17, 15) is 9.18 Å². The lowest BCUT2D eigenvalue weighted by Gasteiger charge is -2.08. The van der Waals surface area contributed by atoms with Gasteiger partial charge >= 0.3 is 0 Å². The minimum Gasteiger partial charge on any atom is -0.322 e. The highest BCUT2D eigenvalue weighted by molar-refractivity contribution is 9.10. The Morgan fingerprint density at radius 1 is 1.56 bits per heavy atom. The Labute approximate surface area is 102 Å². The van der Waals surface area contributed by atoms with Crippen LogP contribution < -0.4 is 10.6 Å². The highest BCUT2D eigenvalue weighted by atomic mass is 79.9. The van der Waals surface area contributed by atoms with Gasteiger partial charge < -0.3 is 5.32 Å². The van der Waals surface area contributed by atoms with Crippen molar-refractivity contribution >= 4 is 27.5 Å². The van der Waals surface area contributed by atoms with Crippen molar-refractivity contribution in [1.29, 1.82) is 0 Å². The summed E-state index contributed by atoms with van der Waals surface area (Å²) in [6.45, 7) is 0.344. The van der Waals surface area contributed by atoms with Crippen LogP contribution in [0.3, 0.4) is 0 Å². The molecule has 1 amide bonds. The Kier molecular flexibility index (Phi) is 4.96. The molecule has 0 saturated heterocycles. The molecule has 0 fully saturated rings. The van der Waals surface area contributed by atoms with E-state index in [2.05, 4.69) is 32.5 Å². The number of para-hydroxylation sites is 1. The summed E-state index contributed by atoms with van der Waals surface area (Å²) in [7, 11) is 0. The number of carbonyl (C=O) groups is 1. The Balaban J connectivity index is 2.60. The number of benzene rings is 1. The summed E-state index contributed by atoms with van der Waals surface area (Å²) in [4.78, 5) is 11.4. The molecule has 0 unspecified atom stereocenters. The van der Waals surface area contributed by atoms with E-state index >= 15 is 0 Å². The number of amides is 1. The summed E-state index contributed by atoms with van der Waals surface area (Å²) in [6, 6.07) is 4.47. The van der Waals surface area contributed by atoms with E-state index in [0.717, 1.165) is 0 Å². The van der Waals surface area contributed by atoms with Crippen LogP contribution in [0.25, 0.3) is 0 Å². The maximum absolute atomic E-state index is 13.3. The predicted molar refractivity (Wildman–Crippen MR) is 64.4 cm³/mol. The van der Waals surface area contributed by atoms with Crippen LogP contribution in [-0.4, -0.2) is 19.0 Å². The van der Waals surface area contributed by atoms with E-state index in [1.807, 2.05) is 0 Å². The lowest BCUT2D eigenvalue weighted by atomic mass is 10.3. The minimum absolute atomic E-state index is 0.0466. The van der Waals surface area contributed by atoms with Crippen molar-refractivity contribution in [2.24, 2.45) is 0 Å². The summed E-state index contributed by atoms with van der Waals surface area (Å²) in [5, 5.41) is 5.15. The molecule has 0 aliphatic carbocycles. The minimum atomic E-state index is -0.486. The van der Waals surface area contributed by atoms with Crippen LogP contribution in [0.4, 0.5) is 10.1 Å². The quantitative estimate of drug-likeness (QED) is 0.653. The van der Waals surface area contributed by atoms with Crippen LogP contribution in [0.15, 0.2) is 22.7 Å². The molecule has 0 spiro atoms.